The molecule has 1 saturated heterocycles. The molecule has 2 N–H and O–H groups in total. The summed E-state index contributed by atoms with van der Waals surface area (Å²) < 4.78 is 1.68. The molecule has 8 heteroatoms. The highest BCUT2D eigenvalue weighted by atomic mass is 16.3. The number of carbonyl (C=O) groups excluding carboxylic acids is 2. The molecule has 0 spiro atoms. The first-order valence-corrected chi connectivity index (χ1v) is 15.0. The lowest BCUT2D eigenvalue weighted by atomic mass is 10.1. The standard InChI is InChI=1S/C33H45N5O3/c1-24(2)14-20-37(21-15-25(3)4)33(41)26-16-22-38-30(23-26)29(9-8-19-36-17-6-5-7-18-36)31(35-38)32(40)34-27-10-12-28(39)13-11-27/h8-13,16,22-25,39H,5-7,14-15,17-21H2,1-4H3,(H,34,40). The van der Waals surface area contributed by atoms with Crippen LogP contribution in [0.4, 0.5) is 5.69 Å². The molecule has 2 amide bonds. The van der Waals surface area contributed by atoms with Gasteiger partial charge in [0.15, 0.2) is 5.69 Å². The lowest BCUT2D eigenvalue weighted by Gasteiger charge is -2.25. The summed E-state index contributed by atoms with van der Waals surface area (Å²) in [5.41, 5.74) is 2.85. The Balaban J connectivity index is 1.66. The van der Waals surface area contributed by atoms with E-state index >= 15 is 0 Å². The predicted octanol–water partition coefficient (Wildman–Crippen LogP) is 6.33. The summed E-state index contributed by atoms with van der Waals surface area (Å²) in [7, 11) is 0. The number of anilines is 1. The number of phenolic OH excluding ortho intramolecular Hbond substituents is 1. The molecule has 2 aromatic heterocycles. The number of rotatable bonds is 12. The van der Waals surface area contributed by atoms with Crippen molar-refractivity contribution in [3.63, 3.8) is 0 Å². The molecule has 3 aromatic rings. The van der Waals surface area contributed by atoms with E-state index in [0.717, 1.165) is 45.6 Å². The number of amides is 2. The first kappa shape index (κ1) is 30.3. The number of benzene rings is 1. The molecule has 0 aliphatic carbocycles. The van der Waals surface area contributed by atoms with Crippen LogP contribution < -0.4 is 5.32 Å². The van der Waals surface area contributed by atoms with Crippen molar-refractivity contribution in [2.24, 2.45) is 11.8 Å². The van der Waals surface area contributed by atoms with Crippen molar-refractivity contribution < 1.29 is 14.7 Å². The zero-order valence-electron chi connectivity index (χ0n) is 25.0. The number of piperidine rings is 1. The normalized spacial score (nSPS) is 14.4. The summed E-state index contributed by atoms with van der Waals surface area (Å²) in [4.78, 5) is 31.5. The maximum atomic E-state index is 13.7. The first-order chi connectivity index (χ1) is 19.7. The number of nitrogens with zero attached hydrogens (tertiary/aromatic N) is 4. The number of carbonyl (C=O) groups is 2. The minimum atomic E-state index is -0.347. The number of nitrogens with one attached hydrogen (secondary N) is 1. The summed E-state index contributed by atoms with van der Waals surface area (Å²) >= 11 is 0. The first-order valence-electron chi connectivity index (χ1n) is 15.0. The molecular weight excluding hydrogens is 514 g/mol. The lowest BCUT2D eigenvalue weighted by Crippen LogP contribution is -2.34. The Labute approximate surface area is 244 Å². The van der Waals surface area contributed by atoms with Gasteiger partial charge in [-0.1, -0.05) is 46.3 Å². The number of hydrogen-bond acceptors (Lipinski definition) is 5. The maximum Gasteiger partial charge on any atom is 0.276 e. The summed E-state index contributed by atoms with van der Waals surface area (Å²) in [6.07, 6.45) is 11.4. The van der Waals surface area contributed by atoms with Crippen LogP contribution in [0.3, 0.4) is 0 Å². The van der Waals surface area contributed by atoms with Gasteiger partial charge in [0.1, 0.15) is 5.75 Å². The average molecular weight is 560 g/mol. The molecule has 0 bridgehead atoms. The Hall–Kier alpha value is -3.65. The van der Waals surface area contributed by atoms with E-state index in [9.17, 15) is 14.7 Å². The SMILES string of the molecule is CC(C)CCN(CCC(C)C)C(=O)c1ccn2nc(C(=O)Nc3ccc(O)cc3)c(C=CCN3CCCCC3)c2c1. The molecule has 8 nitrogen and oxygen atoms in total. The molecular formula is C33H45N5O3. The van der Waals surface area contributed by atoms with Crippen molar-refractivity contribution in [2.75, 3.05) is 38.0 Å². The fourth-order valence-electron chi connectivity index (χ4n) is 5.05. The zero-order chi connectivity index (χ0) is 29.4. The molecule has 0 unspecified atom stereocenters. The third kappa shape index (κ3) is 8.43. The fraction of sp³-hybridized carbons (Fsp3) is 0.485. The molecule has 41 heavy (non-hydrogen) atoms. The highest BCUT2D eigenvalue weighted by Gasteiger charge is 2.22. The Morgan fingerprint density at radius 2 is 1.66 bits per heavy atom. The van der Waals surface area contributed by atoms with E-state index in [1.165, 1.54) is 31.4 Å². The van der Waals surface area contributed by atoms with Crippen LogP contribution in [0, 0.1) is 11.8 Å². The predicted molar refractivity (Wildman–Crippen MR) is 165 cm³/mol. The second-order valence-corrected chi connectivity index (χ2v) is 11.9. The smallest absolute Gasteiger partial charge is 0.276 e. The van der Waals surface area contributed by atoms with Crippen molar-refractivity contribution in [2.45, 2.75) is 59.8 Å². The molecule has 220 valence electrons. The minimum absolute atomic E-state index is 0.00772. The third-order valence-electron chi connectivity index (χ3n) is 7.60. The van der Waals surface area contributed by atoms with Crippen LogP contribution in [0.2, 0.25) is 0 Å². The van der Waals surface area contributed by atoms with Gasteiger partial charge < -0.3 is 15.3 Å². The van der Waals surface area contributed by atoms with E-state index in [1.807, 2.05) is 17.0 Å². The Bertz CT molecular complexity index is 1320. The lowest BCUT2D eigenvalue weighted by molar-refractivity contribution is 0.0740. The van der Waals surface area contributed by atoms with Crippen LogP contribution >= 0.6 is 0 Å². The van der Waals surface area contributed by atoms with Crippen molar-refractivity contribution in [1.29, 1.82) is 0 Å². The second kappa shape index (κ2) is 14.3. The van der Waals surface area contributed by atoms with Gasteiger partial charge in [0.25, 0.3) is 11.8 Å². The van der Waals surface area contributed by atoms with Crippen molar-refractivity contribution >= 4 is 29.1 Å². The Morgan fingerprint density at radius 1 is 1.00 bits per heavy atom. The highest BCUT2D eigenvalue weighted by molar-refractivity contribution is 6.07. The van der Waals surface area contributed by atoms with Gasteiger partial charge in [-0.25, -0.2) is 4.52 Å². The Morgan fingerprint density at radius 3 is 2.29 bits per heavy atom. The van der Waals surface area contributed by atoms with Crippen LogP contribution in [-0.4, -0.2) is 69.1 Å². The molecule has 1 aliphatic rings. The number of hydrogen-bond donors (Lipinski definition) is 2. The number of aromatic nitrogens is 2. The van der Waals surface area contributed by atoms with Gasteiger partial charge in [-0.2, -0.15) is 5.10 Å². The number of aromatic hydroxyl groups is 1. The summed E-state index contributed by atoms with van der Waals surface area (Å²) in [5, 5.41) is 17.1. The van der Waals surface area contributed by atoms with Crippen LogP contribution in [0.5, 0.6) is 5.75 Å². The molecule has 0 radical (unpaired) electrons. The summed E-state index contributed by atoms with van der Waals surface area (Å²) in [6, 6.07) is 10.0. The minimum Gasteiger partial charge on any atom is -0.508 e. The zero-order valence-corrected chi connectivity index (χ0v) is 25.0. The number of likely N-dealkylation sites (tertiary alicyclic amines) is 1. The second-order valence-electron chi connectivity index (χ2n) is 11.9. The topological polar surface area (TPSA) is 90.2 Å². The van der Waals surface area contributed by atoms with Gasteiger partial charge in [0.05, 0.1) is 5.52 Å². The van der Waals surface area contributed by atoms with E-state index in [4.69, 9.17) is 0 Å². The molecule has 0 atom stereocenters. The fourth-order valence-corrected chi connectivity index (χ4v) is 5.05. The average Bonchev–Trinajstić information content (AvgIpc) is 3.32. The van der Waals surface area contributed by atoms with E-state index in [0.29, 0.717) is 34.2 Å². The van der Waals surface area contributed by atoms with E-state index in [2.05, 4.69) is 49.1 Å². The molecule has 1 aromatic carbocycles. The van der Waals surface area contributed by atoms with E-state index in [-0.39, 0.29) is 23.3 Å². The van der Waals surface area contributed by atoms with Gasteiger partial charge in [-0.3, -0.25) is 14.5 Å². The van der Waals surface area contributed by atoms with Gasteiger partial charge in [-0.15, -0.1) is 0 Å². The molecule has 1 aliphatic heterocycles. The van der Waals surface area contributed by atoms with Crippen molar-refractivity contribution in [1.82, 2.24) is 19.4 Å². The monoisotopic (exact) mass is 559 g/mol. The van der Waals surface area contributed by atoms with Crippen LogP contribution in [0.15, 0.2) is 48.7 Å². The van der Waals surface area contributed by atoms with Crippen LogP contribution in [-0.2, 0) is 0 Å². The number of pyridine rings is 1. The Kier molecular flexibility index (Phi) is 10.6. The van der Waals surface area contributed by atoms with Gasteiger partial charge >= 0.3 is 0 Å². The molecule has 0 saturated carbocycles. The van der Waals surface area contributed by atoms with Crippen molar-refractivity contribution in [3.8, 4) is 5.75 Å². The molecule has 1 fully saturated rings. The largest absolute Gasteiger partial charge is 0.508 e. The van der Waals surface area contributed by atoms with Crippen LogP contribution in [0.25, 0.3) is 11.6 Å². The van der Waals surface area contributed by atoms with E-state index < -0.39 is 0 Å². The summed E-state index contributed by atoms with van der Waals surface area (Å²) in [6.45, 7) is 13.1. The van der Waals surface area contributed by atoms with Gasteiger partial charge in [0.2, 0.25) is 0 Å². The highest BCUT2D eigenvalue weighted by Crippen LogP contribution is 2.23. The number of phenols is 1. The van der Waals surface area contributed by atoms with Crippen LogP contribution in [0.1, 0.15) is 86.2 Å². The molecule has 4 rings (SSSR count). The number of fused-ring (bicyclic) bond motifs is 1. The van der Waals surface area contributed by atoms with Gasteiger partial charge in [0, 0.05) is 42.6 Å². The maximum absolute atomic E-state index is 13.7. The van der Waals surface area contributed by atoms with Crippen molar-refractivity contribution in [3.05, 3.63) is 65.5 Å². The molecule has 3 heterocycles. The summed E-state index contributed by atoms with van der Waals surface area (Å²) in [5.74, 6) is 0.805. The third-order valence-corrected chi connectivity index (χ3v) is 7.60. The quantitative estimate of drug-likeness (QED) is 0.253. The van der Waals surface area contributed by atoms with Gasteiger partial charge in [-0.05, 0) is 87.0 Å². The van der Waals surface area contributed by atoms with E-state index in [1.54, 1.807) is 28.9 Å².